The fourth-order valence-corrected chi connectivity index (χ4v) is 2.72. The third-order valence-electron chi connectivity index (χ3n) is 3.18. The van der Waals surface area contributed by atoms with Crippen molar-refractivity contribution in [3.8, 4) is 0 Å². The summed E-state index contributed by atoms with van der Waals surface area (Å²) in [6.07, 6.45) is 0. The highest BCUT2D eigenvalue weighted by molar-refractivity contribution is 9.10. The highest BCUT2D eigenvalue weighted by Crippen LogP contribution is 2.15. The Hall–Kier alpha value is -1.53. The van der Waals surface area contributed by atoms with Crippen LogP contribution in [0, 0.1) is 0 Å². The number of aromatic nitrogens is 2. The summed E-state index contributed by atoms with van der Waals surface area (Å²) in [7, 11) is 1.59. The van der Waals surface area contributed by atoms with Crippen molar-refractivity contribution in [1.82, 2.24) is 9.36 Å². The van der Waals surface area contributed by atoms with Crippen LogP contribution >= 0.6 is 15.9 Å². The Labute approximate surface area is 126 Å². The highest BCUT2D eigenvalue weighted by Gasteiger charge is 2.16. The summed E-state index contributed by atoms with van der Waals surface area (Å²) in [6.45, 7) is 3.47. The van der Waals surface area contributed by atoms with Crippen LogP contribution in [0.15, 0.2) is 33.5 Å². The van der Waals surface area contributed by atoms with Crippen LogP contribution in [0.4, 0.5) is 5.69 Å². The minimum atomic E-state index is -0.168. The molecule has 1 aromatic carbocycles. The second kappa shape index (κ2) is 6.28. The molecule has 108 valence electrons. The van der Waals surface area contributed by atoms with Gasteiger partial charge in [0, 0.05) is 18.1 Å². The standard InChI is InChI=1S/C14H18BrN3O2/c1-3-17-12(9-20-2)13(16)14(19)18(17)8-10-5-4-6-11(15)7-10/h4-7H,3,8-9,16H2,1-2H3. The molecule has 0 atom stereocenters. The highest BCUT2D eigenvalue weighted by atomic mass is 79.9. The Kier molecular flexibility index (Phi) is 4.67. The zero-order valence-corrected chi connectivity index (χ0v) is 13.2. The maximum absolute atomic E-state index is 12.3. The molecule has 0 amide bonds. The van der Waals surface area contributed by atoms with E-state index >= 15 is 0 Å². The molecule has 0 saturated heterocycles. The molecule has 5 nitrogen and oxygen atoms in total. The first-order valence-corrected chi connectivity index (χ1v) is 7.19. The second-order valence-electron chi connectivity index (χ2n) is 4.50. The number of anilines is 1. The van der Waals surface area contributed by atoms with E-state index in [0.717, 1.165) is 15.7 Å². The zero-order chi connectivity index (χ0) is 14.7. The summed E-state index contributed by atoms with van der Waals surface area (Å²) in [5.74, 6) is 0. The van der Waals surface area contributed by atoms with Crippen LogP contribution in [-0.2, 0) is 24.4 Å². The molecule has 0 aliphatic carbocycles. The lowest BCUT2D eigenvalue weighted by Crippen LogP contribution is -2.24. The Morgan fingerprint density at radius 2 is 2.10 bits per heavy atom. The fourth-order valence-electron chi connectivity index (χ4n) is 2.27. The lowest BCUT2D eigenvalue weighted by molar-refractivity contribution is 0.175. The van der Waals surface area contributed by atoms with Crippen molar-refractivity contribution in [2.75, 3.05) is 12.8 Å². The first-order valence-electron chi connectivity index (χ1n) is 6.39. The Balaban J connectivity index is 2.46. The maximum Gasteiger partial charge on any atom is 0.290 e. The van der Waals surface area contributed by atoms with Crippen LogP contribution in [-0.4, -0.2) is 16.5 Å². The lowest BCUT2D eigenvalue weighted by Gasteiger charge is -2.13. The smallest absolute Gasteiger partial charge is 0.290 e. The van der Waals surface area contributed by atoms with Crippen molar-refractivity contribution in [2.45, 2.75) is 26.6 Å². The summed E-state index contributed by atoms with van der Waals surface area (Å²) in [5, 5.41) is 0. The molecule has 0 spiro atoms. The predicted molar refractivity (Wildman–Crippen MR) is 82.7 cm³/mol. The zero-order valence-electron chi connectivity index (χ0n) is 11.6. The molecule has 0 aliphatic rings. The van der Waals surface area contributed by atoms with Crippen LogP contribution in [0.1, 0.15) is 18.2 Å². The van der Waals surface area contributed by atoms with Crippen LogP contribution in [0.25, 0.3) is 0 Å². The molecule has 0 saturated carbocycles. The van der Waals surface area contributed by atoms with Gasteiger partial charge in [0.1, 0.15) is 5.69 Å². The normalized spacial score (nSPS) is 10.9. The minimum Gasteiger partial charge on any atom is -0.393 e. The van der Waals surface area contributed by atoms with Crippen molar-refractivity contribution in [3.05, 3.63) is 50.3 Å². The van der Waals surface area contributed by atoms with E-state index in [-0.39, 0.29) is 11.2 Å². The third-order valence-corrected chi connectivity index (χ3v) is 3.67. The number of nitrogens with zero attached hydrogens (tertiary/aromatic N) is 2. The van der Waals surface area contributed by atoms with E-state index < -0.39 is 0 Å². The molecule has 0 bridgehead atoms. The van der Waals surface area contributed by atoms with Crippen LogP contribution < -0.4 is 11.3 Å². The number of hydrogen-bond donors (Lipinski definition) is 1. The average Bonchev–Trinajstić information content (AvgIpc) is 2.64. The first-order chi connectivity index (χ1) is 9.58. The molecular formula is C14H18BrN3O2. The summed E-state index contributed by atoms with van der Waals surface area (Å²) in [5.41, 5.74) is 7.78. The second-order valence-corrected chi connectivity index (χ2v) is 5.42. The van der Waals surface area contributed by atoms with Crippen molar-refractivity contribution < 1.29 is 4.74 Å². The van der Waals surface area contributed by atoms with Gasteiger partial charge in [-0.15, -0.1) is 0 Å². The van der Waals surface area contributed by atoms with Crippen LogP contribution in [0.2, 0.25) is 0 Å². The van der Waals surface area contributed by atoms with Crippen molar-refractivity contribution in [1.29, 1.82) is 0 Å². The topological polar surface area (TPSA) is 62.2 Å². The number of halogens is 1. The number of hydrogen-bond acceptors (Lipinski definition) is 3. The lowest BCUT2D eigenvalue weighted by atomic mass is 10.2. The summed E-state index contributed by atoms with van der Waals surface area (Å²) in [4.78, 5) is 12.3. The molecule has 0 radical (unpaired) electrons. The number of ether oxygens (including phenoxy) is 1. The quantitative estimate of drug-likeness (QED) is 0.908. The average molecular weight is 340 g/mol. The monoisotopic (exact) mass is 339 g/mol. The largest absolute Gasteiger partial charge is 0.393 e. The van der Waals surface area contributed by atoms with Gasteiger partial charge in [-0.05, 0) is 24.6 Å². The van der Waals surface area contributed by atoms with Gasteiger partial charge in [-0.2, -0.15) is 0 Å². The molecule has 2 N–H and O–H groups in total. The fraction of sp³-hybridized carbons (Fsp3) is 0.357. The molecule has 0 unspecified atom stereocenters. The van der Waals surface area contributed by atoms with E-state index in [0.29, 0.717) is 19.7 Å². The number of nitrogens with two attached hydrogens (primary N) is 1. The minimum absolute atomic E-state index is 0.168. The van der Waals surface area contributed by atoms with Crippen LogP contribution in [0.5, 0.6) is 0 Å². The van der Waals surface area contributed by atoms with Gasteiger partial charge in [0.05, 0.1) is 18.8 Å². The molecule has 1 heterocycles. The molecule has 0 aliphatic heterocycles. The molecule has 2 aromatic rings. The first kappa shape index (κ1) is 14.9. The van der Waals surface area contributed by atoms with Gasteiger partial charge < -0.3 is 10.5 Å². The van der Waals surface area contributed by atoms with E-state index in [1.807, 2.05) is 35.9 Å². The predicted octanol–water partition coefficient (Wildman–Crippen LogP) is 2.21. The Bertz CT molecular complexity index is 661. The van der Waals surface area contributed by atoms with E-state index in [1.54, 1.807) is 11.8 Å². The SMILES string of the molecule is CCn1c(COC)c(N)c(=O)n1Cc1cccc(Br)c1. The van der Waals surface area contributed by atoms with Gasteiger partial charge in [-0.3, -0.25) is 9.48 Å². The molecule has 6 heteroatoms. The Morgan fingerprint density at radius 3 is 2.70 bits per heavy atom. The number of rotatable bonds is 5. The third kappa shape index (κ3) is 2.81. The molecule has 2 rings (SSSR count). The van der Waals surface area contributed by atoms with Crippen molar-refractivity contribution in [2.24, 2.45) is 0 Å². The van der Waals surface area contributed by atoms with Gasteiger partial charge >= 0.3 is 0 Å². The van der Waals surface area contributed by atoms with Crippen molar-refractivity contribution >= 4 is 21.6 Å². The van der Waals surface area contributed by atoms with E-state index in [2.05, 4.69) is 15.9 Å². The summed E-state index contributed by atoms with van der Waals surface area (Å²) in [6, 6.07) is 7.88. The summed E-state index contributed by atoms with van der Waals surface area (Å²) < 4.78 is 9.65. The number of benzene rings is 1. The van der Waals surface area contributed by atoms with Crippen molar-refractivity contribution in [3.63, 3.8) is 0 Å². The van der Waals surface area contributed by atoms with Gasteiger partial charge in [0.15, 0.2) is 0 Å². The molecule has 1 aromatic heterocycles. The van der Waals surface area contributed by atoms with E-state index in [1.165, 1.54) is 0 Å². The maximum atomic E-state index is 12.3. The van der Waals surface area contributed by atoms with Gasteiger partial charge in [-0.25, -0.2) is 4.68 Å². The molecule has 0 fully saturated rings. The number of methoxy groups -OCH3 is 1. The molecule has 20 heavy (non-hydrogen) atoms. The summed E-state index contributed by atoms with van der Waals surface area (Å²) >= 11 is 3.44. The number of nitrogen functional groups attached to an aromatic ring is 1. The molecular weight excluding hydrogens is 322 g/mol. The van der Waals surface area contributed by atoms with E-state index in [4.69, 9.17) is 10.5 Å². The van der Waals surface area contributed by atoms with Gasteiger partial charge in [-0.1, -0.05) is 28.1 Å². The van der Waals surface area contributed by atoms with Gasteiger partial charge in [0.25, 0.3) is 5.56 Å². The van der Waals surface area contributed by atoms with Gasteiger partial charge in [0.2, 0.25) is 0 Å². The van der Waals surface area contributed by atoms with E-state index in [9.17, 15) is 4.79 Å². The Morgan fingerprint density at radius 1 is 1.35 bits per heavy atom. The van der Waals surface area contributed by atoms with Crippen LogP contribution in [0.3, 0.4) is 0 Å².